The van der Waals surface area contributed by atoms with Crippen molar-refractivity contribution in [2.45, 2.75) is 25.3 Å². The average molecular weight is 168 g/mol. The minimum Gasteiger partial charge on any atom is -0.339 e. The summed E-state index contributed by atoms with van der Waals surface area (Å²) < 4.78 is 4.70. The molecule has 0 saturated heterocycles. The van der Waals surface area contributed by atoms with E-state index in [9.17, 15) is 4.79 Å². The van der Waals surface area contributed by atoms with Crippen LogP contribution in [0.4, 0.5) is 0 Å². The van der Waals surface area contributed by atoms with Crippen molar-refractivity contribution in [1.82, 2.24) is 10.5 Å². The van der Waals surface area contributed by atoms with Crippen LogP contribution in [-0.4, -0.2) is 18.2 Å². The van der Waals surface area contributed by atoms with Gasteiger partial charge in [0.1, 0.15) is 0 Å². The van der Waals surface area contributed by atoms with Crippen molar-refractivity contribution in [3.8, 4) is 0 Å². The first-order valence-corrected chi connectivity index (χ1v) is 4.17. The molecule has 1 heterocycles. The zero-order valence-corrected chi connectivity index (χ0v) is 7.02. The molecule has 1 aliphatic rings. The van der Waals surface area contributed by atoms with Crippen molar-refractivity contribution >= 4 is 0 Å². The molecule has 1 aromatic rings. The van der Waals surface area contributed by atoms with E-state index in [0.29, 0.717) is 6.04 Å². The maximum absolute atomic E-state index is 11.1. The summed E-state index contributed by atoms with van der Waals surface area (Å²) >= 11 is 0. The maximum atomic E-state index is 11.1. The van der Waals surface area contributed by atoms with Crippen LogP contribution in [0.3, 0.4) is 0 Å². The minimum atomic E-state index is -0.204. The average Bonchev–Trinajstić information content (AvgIpc) is 2.47. The summed E-state index contributed by atoms with van der Waals surface area (Å²) in [6, 6.07) is 0.427. The van der Waals surface area contributed by atoms with Gasteiger partial charge in [-0.15, -0.1) is 0 Å². The lowest BCUT2D eigenvalue weighted by atomic mass is 9.94. The first kappa shape index (κ1) is 7.61. The molecule has 0 radical (unpaired) electrons. The Morgan fingerprint density at radius 1 is 1.67 bits per heavy atom. The molecule has 1 aliphatic carbocycles. The lowest BCUT2D eigenvalue weighted by Gasteiger charge is -2.19. The van der Waals surface area contributed by atoms with Gasteiger partial charge in [-0.05, 0) is 26.3 Å². The van der Waals surface area contributed by atoms with E-state index < -0.39 is 0 Å². The monoisotopic (exact) mass is 168 g/mol. The van der Waals surface area contributed by atoms with Crippen molar-refractivity contribution in [1.29, 1.82) is 0 Å². The van der Waals surface area contributed by atoms with Crippen LogP contribution in [-0.2, 0) is 12.8 Å². The molecule has 2 rings (SSSR count). The van der Waals surface area contributed by atoms with E-state index in [1.807, 2.05) is 7.05 Å². The molecule has 0 saturated carbocycles. The SMILES string of the molecule is CNC1CCc2[nH]oc(=O)c2C1. The molecule has 0 bridgehead atoms. The zero-order chi connectivity index (χ0) is 8.55. The Kier molecular flexibility index (Phi) is 1.77. The molecule has 4 nitrogen and oxygen atoms in total. The summed E-state index contributed by atoms with van der Waals surface area (Å²) in [6.45, 7) is 0. The van der Waals surface area contributed by atoms with Gasteiger partial charge in [0.25, 0.3) is 0 Å². The molecule has 2 N–H and O–H groups in total. The molecular weight excluding hydrogens is 156 g/mol. The van der Waals surface area contributed by atoms with E-state index in [-0.39, 0.29) is 5.63 Å². The van der Waals surface area contributed by atoms with Crippen LogP contribution in [0.2, 0.25) is 0 Å². The molecule has 4 heteroatoms. The Morgan fingerprint density at radius 3 is 3.25 bits per heavy atom. The molecule has 0 spiro atoms. The largest absolute Gasteiger partial charge is 0.360 e. The van der Waals surface area contributed by atoms with Crippen LogP contribution in [0.25, 0.3) is 0 Å². The number of likely N-dealkylation sites (N-methyl/N-ethyl adjacent to an activating group) is 1. The molecule has 0 aliphatic heterocycles. The summed E-state index contributed by atoms with van der Waals surface area (Å²) in [6.07, 6.45) is 2.77. The summed E-state index contributed by atoms with van der Waals surface area (Å²) in [5.41, 5.74) is 1.59. The van der Waals surface area contributed by atoms with Gasteiger partial charge in [0.15, 0.2) is 0 Å². The van der Waals surface area contributed by atoms with E-state index in [0.717, 1.165) is 30.5 Å². The second kappa shape index (κ2) is 2.79. The third-order valence-corrected chi connectivity index (χ3v) is 2.48. The fourth-order valence-electron chi connectivity index (χ4n) is 1.68. The predicted octanol–water partition coefficient (Wildman–Crippen LogP) is 0.0446. The fraction of sp³-hybridized carbons (Fsp3) is 0.625. The molecule has 1 atom stereocenters. The van der Waals surface area contributed by atoms with Gasteiger partial charge >= 0.3 is 5.63 Å². The fourth-order valence-corrected chi connectivity index (χ4v) is 1.68. The number of fused-ring (bicyclic) bond motifs is 1. The lowest BCUT2D eigenvalue weighted by Crippen LogP contribution is -2.33. The number of H-pyrrole nitrogens is 1. The summed E-state index contributed by atoms with van der Waals surface area (Å²) in [7, 11) is 1.92. The van der Waals surface area contributed by atoms with E-state index in [1.54, 1.807) is 0 Å². The standard InChI is InChI=1S/C8H12N2O2/c1-9-5-2-3-7-6(4-5)8(11)12-10-7/h5,9-10H,2-4H2,1H3. The Bertz CT molecular complexity index is 326. The van der Waals surface area contributed by atoms with Gasteiger partial charge in [-0.3, -0.25) is 0 Å². The molecule has 0 fully saturated rings. The Morgan fingerprint density at radius 2 is 2.50 bits per heavy atom. The zero-order valence-electron chi connectivity index (χ0n) is 7.02. The van der Waals surface area contributed by atoms with Crippen molar-refractivity contribution in [3.05, 3.63) is 21.7 Å². The summed E-state index contributed by atoms with van der Waals surface area (Å²) in [5.74, 6) is 0. The lowest BCUT2D eigenvalue weighted by molar-refractivity contribution is 0.384. The molecule has 0 aromatic carbocycles. The number of aryl methyl sites for hydroxylation is 1. The van der Waals surface area contributed by atoms with Gasteiger partial charge in [-0.2, -0.15) is 0 Å². The van der Waals surface area contributed by atoms with E-state index in [1.165, 1.54) is 0 Å². The van der Waals surface area contributed by atoms with Gasteiger partial charge in [-0.25, -0.2) is 9.95 Å². The van der Waals surface area contributed by atoms with Gasteiger partial charge in [0.05, 0.1) is 11.3 Å². The normalized spacial score (nSPS) is 22.2. The highest BCUT2D eigenvalue weighted by atomic mass is 16.5. The number of hydrogen-bond donors (Lipinski definition) is 2. The van der Waals surface area contributed by atoms with Crippen molar-refractivity contribution in [2.24, 2.45) is 0 Å². The predicted molar refractivity (Wildman–Crippen MR) is 44.2 cm³/mol. The molecule has 0 amide bonds. The van der Waals surface area contributed by atoms with Crippen LogP contribution < -0.4 is 10.9 Å². The van der Waals surface area contributed by atoms with Crippen molar-refractivity contribution < 1.29 is 4.52 Å². The topological polar surface area (TPSA) is 58.0 Å². The molecule has 12 heavy (non-hydrogen) atoms. The third kappa shape index (κ3) is 1.08. The van der Waals surface area contributed by atoms with Crippen LogP contribution in [0.1, 0.15) is 17.7 Å². The summed E-state index contributed by atoms with van der Waals surface area (Å²) in [5, 5.41) is 5.82. The number of nitrogens with one attached hydrogen (secondary N) is 2. The Hall–Kier alpha value is -1.03. The Labute approximate surface area is 69.9 Å². The highest BCUT2D eigenvalue weighted by molar-refractivity contribution is 5.19. The molecular formula is C8H12N2O2. The van der Waals surface area contributed by atoms with Crippen LogP contribution in [0.5, 0.6) is 0 Å². The van der Waals surface area contributed by atoms with Crippen molar-refractivity contribution in [2.75, 3.05) is 7.05 Å². The molecule has 1 aromatic heterocycles. The number of hydrogen-bond acceptors (Lipinski definition) is 3. The van der Waals surface area contributed by atoms with Crippen LogP contribution >= 0.6 is 0 Å². The number of aromatic nitrogens is 1. The van der Waals surface area contributed by atoms with E-state index >= 15 is 0 Å². The van der Waals surface area contributed by atoms with Gasteiger partial charge in [0.2, 0.25) is 0 Å². The second-order valence-electron chi connectivity index (χ2n) is 3.18. The third-order valence-electron chi connectivity index (χ3n) is 2.48. The van der Waals surface area contributed by atoms with Crippen molar-refractivity contribution in [3.63, 3.8) is 0 Å². The second-order valence-corrected chi connectivity index (χ2v) is 3.18. The maximum Gasteiger partial charge on any atom is 0.360 e. The number of aromatic amines is 1. The number of rotatable bonds is 1. The first-order chi connectivity index (χ1) is 5.81. The van der Waals surface area contributed by atoms with Crippen LogP contribution in [0.15, 0.2) is 9.32 Å². The quantitative estimate of drug-likeness (QED) is 0.622. The Balaban J connectivity index is 2.32. The highest BCUT2D eigenvalue weighted by Gasteiger charge is 2.22. The summed E-state index contributed by atoms with van der Waals surface area (Å²) in [4.78, 5) is 11.1. The molecule has 66 valence electrons. The van der Waals surface area contributed by atoms with Crippen LogP contribution in [0, 0.1) is 0 Å². The van der Waals surface area contributed by atoms with Gasteiger partial charge < -0.3 is 9.84 Å². The van der Waals surface area contributed by atoms with Gasteiger partial charge in [-0.1, -0.05) is 0 Å². The van der Waals surface area contributed by atoms with E-state index in [4.69, 9.17) is 4.52 Å². The minimum absolute atomic E-state index is 0.204. The molecule has 1 unspecified atom stereocenters. The first-order valence-electron chi connectivity index (χ1n) is 4.17. The van der Waals surface area contributed by atoms with E-state index in [2.05, 4.69) is 10.5 Å². The highest BCUT2D eigenvalue weighted by Crippen LogP contribution is 2.16. The smallest absolute Gasteiger partial charge is 0.339 e. The van der Waals surface area contributed by atoms with Gasteiger partial charge in [0, 0.05) is 6.04 Å².